The summed E-state index contributed by atoms with van der Waals surface area (Å²) in [5.74, 6) is 0. The second-order valence-electron chi connectivity index (χ2n) is 2.94. The van der Waals surface area contributed by atoms with Gasteiger partial charge in [0.15, 0.2) is 6.40 Å². The van der Waals surface area contributed by atoms with Crippen molar-refractivity contribution in [2.75, 3.05) is 20.3 Å². The highest BCUT2D eigenvalue weighted by atomic mass is 31.2. The highest BCUT2D eigenvalue weighted by Gasteiger charge is 2.48. The lowest BCUT2D eigenvalue weighted by Gasteiger charge is -2.26. The summed E-state index contributed by atoms with van der Waals surface area (Å²) < 4.78 is 27.1. The predicted molar refractivity (Wildman–Crippen MR) is 60.4 cm³/mol. The molecule has 0 radical (unpaired) electrons. The van der Waals surface area contributed by atoms with Gasteiger partial charge in [0.25, 0.3) is 0 Å². The SMILES string of the molecule is CCOP(=O)(OCC)C(C)(C#N)/N=C/OC. The van der Waals surface area contributed by atoms with E-state index in [0.717, 1.165) is 6.40 Å². The molecular weight excluding hydrogens is 231 g/mol. The molecule has 1 atom stereocenters. The number of ether oxygens (including phenoxy) is 1. The van der Waals surface area contributed by atoms with Crippen molar-refractivity contribution in [3.63, 3.8) is 0 Å². The van der Waals surface area contributed by atoms with Crippen LogP contribution < -0.4 is 0 Å². The Morgan fingerprint density at radius 2 is 1.94 bits per heavy atom. The molecule has 1 unspecified atom stereocenters. The molecule has 16 heavy (non-hydrogen) atoms. The van der Waals surface area contributed by atoms with E-state index >= 15 is 0 Å². The Balaban J connectivity index is 5.21. The third-order valence-corrected chi connectivity index (χ3v) is 4.23. The summed E-state index contributed by atoms with van der Waals surface area (Å²) in [6.07, 6.45) is 1.05. The minimum absolute atomic E-state index is 0.178. The molecular formula is C9H17N2O4P. The van der Waals surface area contributed by atoms with Crippen LogP contribution in [0.25, 0.3) is 0 Å². The molecule has 0 heterocycles. The molecule has 0 rings (SSSR count). The molecule has 0 aliphatic carbocycles. The van der Waals surface area contributed by atoms with Gasteiger partial charge in [0.1, 0.15) is 6.07 Å². The largest absolute Gasteiger partial charge is 0.487 e. The Hall–Kier alpha value is -0.890. The average Bonchev–Trinajstić information content (AvgIpc) is 2.26. The maximum absolute atomic E-state index is 12.3. The van der Waals surface area contributed by atoms with Crippen molar-refractivity contribution in [2.45, 2.75) is 26.1 Å². The first kappa shape index (κ1) is 15.1. The van der Waals surface area contributed by atoms with Crippen molar-refractivity contribution < 1.29 is 18.3 Å². The van der Waals surface area contributed by atoms with Crippen molar-refractivity contribution in [3.05, 3.63) is 0 Å². The minimum atomic E-state index is -3.61. The summed E-state index contributed by atoms with van der Waals surface area (Å²) in [6.45, 7) is 5.08. The van der Waals surface area contributed by atoms with Gasteiger partial charge in [-0.15, -0.1) is 0 Å². The average molecular weight is 248 g/mol. The Labute approximate surface area is 95.8 Å². The first-order chi connectivity index (χ1) is 7.49. The van der Waals surface area contributed by atoms with Crippen molar-refractivity contribution >= 4 is 14.0 Å². The molecule has 0 saturated heterocycles. The standard InChI is InChI=1S/C9H17N2O4P/c1-5-14-16(12,15-6-2)9(3,7-10)11-8-13-4/h8H,5-6H2,1-4H3/b11-8+. The van der Waals surface area contributed by atoms with Crippen molar-refractivity contribution in [2.24, 2.45) is 4.99 Å². The molecule has 0 aromatic heterocycles. The molecule has 0 aromatic carbocycles. The number of hydrogen-bond donors (Lipinski definition) is 0. The van der Waals surface area contributed by atoms with Crippen LogP contribution in [0.1, 0.15) is 20.8 Å². The zero-order valence-electron chi connectivity index (χ0n) is 9.97. The van der Waals surface area contributed by atoms with Crippen molar-refractivity contribution in [3.8, 4) is 6.07 Å². The maximum Gasteiger partial charge on any atom is 0.372 e. The van der Waals surface area contributed by atoms with E-state index in [1.54, 1.807) is 13.8 Å². The minimum Gasteiger partial charge on any atom is -0.487 e. The number of rotatable bonds is 7. The first-order valence-corrected chi connectivity index (χ1v) is 6.40. The van der Waals surface area contributed by atoms with E-state index in [1.807, 2.05) is 6.07 Å². The summed E-state index contributed by atoms with van der Waals surface area (Å²) in [5, 5.41) is 7.46. The van der Waals surface area contributed by atoms with Crippen LogP contribution >= 0.6 is 7.60 Å². The number of nitrogens with zero attached hydrogens (tertiary/aromatic N) is 2. The van der Waals surface area contributed by atoms with Crippen LogP contribution in [-0.4, -0.2) is 32.0 Å². The van der Waals surface area contributed by atoms with Gasteiger partial charge in [-0.25, -0.2) is 4.99 Å². The van der Waals surface area contributed by atoms with Crippen LogP contribution in [-0.2, 0) is 18.3 Å². The molecule has 92 valence electrons. The molecule has 0 bridgehead atoms. The lowest BCUT2D eigenvalue weighted by atomic mass is 10.4. The molecule has 0 spiro atoms. The van der Waals surface area contributed by atoms with Crippen molar-refractivity contribution in [1.82, 2.24) is 0 Å². The van der Waals surface area contributed by atoms with E-state index in [0.29, 0.717) is 0 Å². The normalized spacial score (nSPS) is 15.7. The molecule has 7 heteroatoms. The van der Waals surface area contributed by atoms with Gasteiger partial charge < -0.3 is 13.8 Å². The van der Waals surface area contributed by atoms with E-state index in [9.17, 15) is 4.57 Å². The van der Waals surface area contributed by atoms with Crippen LogP contribution in [0, 0.1) is 11.3 Å². The van der Waals surface area contributed by atoms with Crippen LogP contribution in [0.3, 0.4) is 0 Å². The van der Waals surface area contributed by atoms with Gasteiger partial charge in [0, 0.05) is 0 Å². The van der Waals surface area contributed by atoms with E-state index < -0.39 is 12.9 Å². The van der Waals surface area contributed by atoms with Gasteiger partial charge >= 0.3 is 7.60 Å². The topological polar surface area (TPSA) is 80.9 Å². The molecule has 0 saturated carbocycles. The van der Waals surface area contributed by atoms with Crippen LogP contribution in [0.2, 0.25) is 0 Å². The molecule has 0 fully saturated rings. The van der Waals surface area contributed by atoms with Gasteiger partial charge in [-0.1, -0.05) is 0 Å². The molecule has 0 aliphatic heterocycles. The van der Waals surface area contributed by atoms with Gasteiger partial charge in [0.2, 0.25) is 5.28 Å². The zero-order valence-corrected chi connectivity index (χ0v) is 10.9. The molecule has 0 aliphatic rings. The maximum atomic E-state index is 12.3. The number of methoxy groups -OCH3 is 1. The summed E-state index contributed by atoms with van der Waals surface area (Å²) in [7, 11) is -2.23. The number of aliphatic imine (C=N–C) groups is 1. The van der Waals surface area contributed by atoms with E-state index in [4.69, 9.17) is 14.3 Å². The fraction of sp³-hybridized carbons (Fsp3) is 0.778. The highest BCUT2D eigenvalue weighted by molar-refractivity contribution is 7.56. The second kappa shape index (κ2) is 6.64. The fourth-order valence-electron chi connectivity index (χ4n) is 0.945. The third-order valence-electron chi connectivity index (χ3n) is 1.75. The van der Waals surface area contributed by atoms with E-state index in [2.05, 4.69) is 9.73 Å². The van der Waals surface area contributed by atoms with Crippen LogP contribution in [0.4, 0.5) is 0 Å². The number of hydrogen-bond acceptors (Lipinski definition) is 6. The Kier molecular flexibility index (Phi) is 6.27. The quantitative estimate of drug-likeness (QED) is 0.392. The summed E-state index contributed by atoms with van der Waals surface area (Å²) in [4.78, 5) is 3.78. The van der Waals surface area contributed by atoms with Gasteiger partial charge in [-0.3, -0.25) is 4.57 Å². The van der Waals surface area contributed by atoms with Crippen LogP contribution in [0.5, 0.6) is 0 Å². The third kappa shape index (κ3) is 3.31. The molecule has 0 aromatic rings. The number of nitriles is 1. The molecule has 0 amide bonds. The first-order valence-electron chi connectivity index (χ1n) is 4.86. The zero-order chi connectivity index (χ0) is 12.7. The van der Waals surface area contributed by atoms with Gasteiger partial charge in [-0.2, -0.15) is 5.26 Å². The second-order valence-corrected chi connectivity index (χ2v) is 5.32. The highest BCUT2D eigenvalue weighted by Crippen LogP contribution is 2.60. The van der Waals surface area contributed by atoms with Gasteiger partial charge in [-0.05, 0) is 20.8 Å². The Morgan fingerprint density at radius 3 is 2.25 bits per heavy atom. The van der Waals surface area contributed by atoms with E-state index in [-0.39, 0.29) is 13.2 Å². The Morgan fingerprint density at radius 1 is 1.44 bits per heavy atom. The fourth-order valence-corrected chi connectivity index (χ4v) is 2.51. The lowest BCUT2D eigenvalue weighted by molar-refractivity contribution is 0.206. The summed E-state index contributed by atoms with van der Waals surface area (Å²) >= 11 is 0. The lowest BCUT2D eigenvalue weighted by Crippen LogP contribution is -2.23. The summed E-state index contributed by atoms with van der Waals surface area (Å²) in [5.41, 5.74) is 0. The summed E-state index contributed by atoms with van der Waals surface area (Å²) in [6, 6.07) is 1.83. The monoisotopic (exact) mass is 248 g/mol. The predicted octanol–water partition coefficient (Wildman–Crippen LogP) is 2.17. The molecule has 0 N–H and O–H groups in total. The smallest absolute Gasteiger partial charge is 0.372 e. The Bertz CT molecular complexity index is 316. The van der Waals surface area contributed by atoms with Crippen LogP contribution in [0.15, 0.2) is 4.99 Å². The molecule has 6 nitrogen and oxygen atoms in total. The van der Waals surface area contributed by atoms with Crippen molar-refractivity contribution in [1.29, 1.82) is 5.26 Å². The van der Waals surface area contributed by atoms with E-state index in [1.165, 1.54) is 14.0 Å². The van der Waals surface area contributed by atoms with Gasteiger partial charge in [0.05, 0.1) is 20.3 Å².